The lowest BCUT2D eigenvalue weighted by Gasteiger charge is -2.21. The zero-order chi connectivity index (χ0) is 23.3. The topological polar surface area (TPSA) is 161 Å². The van der Waals surface area contributed by atoms with Gasteiger partial charge in [-0.25, -0.2) is 0 Å². The smallest absolute Gasteiger partial charge is 0.101 e. The Balaban J connectivity index is -0.0000000785. The van der Waals surface area contributed by atoms with Crippen molar-refractivity contribution >= 4 is 11.9 Å². The molecular formula is C17H42N2O8. The van der Waals surface area contributed by atoms with E-state index in [4.69, 9.17) is 30.3 Å². The van der Waals surface area contributed by atoms with Crippen LogP contribution in [0.25, 0.3) is 0 Å². The molecule has 1 atom stereocenters. The monoisotopic (exact) mass is 402 g/mol. The number of quaternary nitrogens is 2. The van der Waals surface area contributed by atoms with Crippen molar-refractivity contribution in [3.8, 4) is 0 Å². The molecule has 0 aliphatic carbocycles. The van der Waals surface area contributed by atoms with Crippen LogP contribution in [0.3, 0.4) is 0 Å². The predicted molar refractivity (Wildman–Crippen MR) is 100 cm³/mol. The van der Waals surface area contributed by atoms with E-state index in [0.29, 0.717) is 0 Å². The summed E-state index contributed by atoms with van der Waals surface area (Å²) in [6.45, 7) is 4.77. The fourth-order valence-corrected chi connectivity index (χ4v) is 0.767. The summed E-state index contributed by atoms with van der Waals surface area (Å²) in [4.78, 5) is 18.5. The summed E-state index contributed by atoms with van der Waals surface area (Å²) in [5.74, 6) is -2.48. The van der Waals surface area contributed by atoms with Gasteiger partial charge in [0.1, 0.15) is 13.1 Å². The first-order valence-electron chi connectivity index (χ1n) is 8.37. The Morgan fingerprint density at radius 2 is 1.07 bits per heavy atom. The molecule has 10 nitrogen and oxygen atoms in total. The molecule has 10 heteroatoms. The average molecular weight is 403 g/mol. The molecule has 0 fully saturated rings. The number of carboxylic acids is 2. The van der Waals surface area contributed by atoms with Gasteiger partial charge in [-0.3, -0.25) is 0 Å². The fourth-order valence-electron chi connectivity index (χ4n) is 0.767. The highest BCUT2D eigenvalue weighted by atomic mass is 16.4. The van der Waals surface area contributed by atoms with Crippen LogP contribution in [-0.2, 0) is 9.59 Å². The zero-order valence-electron chi connectivity index (χ0n) is 18.4. The van der Waals surface area contributed by atoms with Crippen LogP contribution < -0.4 is 10.2 Å². The maximum absolute atomic E-state index is 9.57. The van der Waals surface area contributed by atoms with E-state index in [2.05, 4.69) is 42.3 Å². The molecule has 0 amide bonds. The number of hydrogen-bond donors (Lipinski definition) is 4. The minimum absolute atomic E-state index is 0.211. The number of aliphatic carboxylic acids is 2. The SMILES string of the molecule is CC(=O)[O-].CCC(O)C(=O)[O-].CO.C[N+](C)(C)CCO.C[N+](C)(C)CCO. The predicted octanol–water partition coefficient (Wildman–Crippen LogP) is -3.76. The molecule has 0 aromatic rings. The molecule has 0 radical (unpaired) electrons. The van der Waals surface area contributed by atoms with Gasteiger partial charge in [0.05, 0.1) is 67.6 Å². The molecule has 0 saturated carbocycles. The van der Waals surface area contributed by atoms with Crippen molar-refractivity contribution < 1.29 is 49.2 Å². The van der Waals surface area contributed by atoms with E-state index < -0.39 is 18.0 Å². The first-order valence-corrected chi connectivity index (χ1v) is 8.37. The zero-order valence-corrected chi connectivity index (χ0v) is 18.4. The van der Waals surface area contributed by atoms with Crippen LogP contribution in [0.4, 0.5) is 0 Å². The van der Waals surface area contributed by atoms with Gasteiger partial charge < -0.3 is 49.2 Å². The lowest BCUT2D eigenvalue weighted by atomic mass is 10.3. The third-order valence-corrected chi connectivity index (χ3v) is 2.20. The van der Waals surface area contributed by atoms with Crippen molar-refractivity contribution in [1.82, 2.24) is 0 Å². The van der Waals surface area contributed by atoms with E-state index >= 15 is 0 Å². The third kappa shape index (κ3) is 78.9. The minimum Gasteiger partial charge on any atom is -0.550 e. The van der Waals surface area contributed by atoms with Gasteiger partial charge in [0.15, 0.2) is 0 Å². The summed E-state index contributed by atoms with van der Waals surface area (Å²) >= 11 is 0. The Bertz CT molecular complexity index is 306. The maximum atomic E-state index is 9.57. The lowest BCUT2D eigenvalue weighted by molar-refractivity contribution is -0.870. The molecule has 0 saturated heterocycles. The highest BCUT2D eigenvalue weighted by Gasteiger charge is 2.02. The van der Waals surface area contributed by atoms with Crippen LogP contribution in [0.1, 0.15) is 20.3 Å². The number of aliphatic hydroxyl groups is 4. The summed E-state index contributed by atoms with van der Waals surface area (Å²) in [7, 11) is 13.3. The second-order valence-electron chi connectivity index (χ2n) is 7.21. The number of carboxylic acid groups (broad SMARTS) is 2. The molecule has 168 valence electrons. The second-order valence-corrected chi connectivity index (χ2v) is 7.21. The normalized spacial score (nSPS) is 10.9. The average Bonchev–Trinajstić information content (AvgIpc) is 2.46. The molecule has 27 heavy (non-hydrogen) atoms. The Hall–Kier alpha value is -1.30. The lowest BCUT2D eigenvalue weighted by Crippen LogP contribution is -2.36. The van der Waals surface area contributed by atoms with Crippen LogP contribution in [-0.4, -0.2) is 123 Å². The van der Waals surface area contributed by atoms with Crippen molar-refractivity contribution in [3.63, 3.8) is 0 Å². The van der Waals surface area contributed by atoms with E-state index in [-0.39, 0.29) is 19.6 Å². The minimum atomic E-state index is -1.40. The number of likely N-dealkylation sites (N-methyl/N-ethyl adjacent to an activating group) is 2. The van der Waals surface area contributed by atoms with Gasteiger partial charge in [-0.1, -0.05) is 6.92 Å². The van der Waals surface area contributed by atoms with Crippen LogP contribution in [0.2, 0.25) is 0 Å². The van der Waals surface area contributed by atoms with E-state index in [1.807, 2.05) is 0 Å². The summed E-state index contributed by atoms with van der Waals surface area (Å²) < 4.78 is 1.69. The van der Waals surface area contributed by atoms with Gasteiger partial charge in [-0.15, -0.1) is 0 Å². The van der Waals surface area contributed by atoms with Crippen molar-refractivity contribution in [2.75, 3.05) is 75.7 Å². The molecule has 1 unspecified atom stereocenters. The van der Waals surface area contributed by atoms with Crippen molar-refractivity contribution in [2.24, 2.45) is 0 Å². The first-order chi connectivity index (χ1) is 12.0. The molecule has 0 spiro atoms. The summed E-state index contributed by atoms with van der Waals surface area (Å²) in [6.07, 6.45) is -1.08. The van der Waals surface area contributed by atoms with Gasteiger partial charge >= 0.3 is 0 Å². The highest BCUT2D eigenvalue weighted by Crippen LogP contribution is 1.85. The largest absolute Gasteiger partial charge is 0.550 e. The number of nitrogens with zero attached hydrogens (tertiary/aromatic N) is 2. The van der Waals surface area contributed by atoms with Gasteiger partial charge in [-0.2, -0.15) is 0 Å². The van der Waals surface area contributed by atoms with Gasteiger partial charge in [0.25, 0.3) is 0 Å². The van der Waals surface area contributed by atoms with Crippen molar-refractivity contribution in [3.05, 3.63) is 0 Å². The molecular weight excluding hydrogens is 360 g/mol. The van der Waals surface area contributed by atoms with Crippen molar-refractivity contribution in [1.29, 1.82) is 0 Å². The standard InChI is InChI=1S/2C5H14NO.C4H8O3.C2H4O2.CH4O/c2*1-6(2,3)4-5-7;1-2-3(5)4(6)7;1-2(3)4;1-2/h2*7H,4-5H2,1-3H3;3,5H,2H2,1H3,(H,6,7);1H3,(H,3,4);2H,1H3/q2*+1;;;/p-2. The van der Waals surface area contributed by atoms with E-state index in [0.717, 1.165) is 36.1 Å². The number of aliphatic hydroxyl groups excluding tert-OH is 4. The molecule has 0 aromatic heterocycles. The molecule has 0 bridgehead atoms. The summed E-state index contributed by atoms with van der Waals surface area (Å²) in [5.41, 5.74) is 0. The fraction of sp³-hybridized carbons (Fsp3) is 0.882. The molecule has 0 rings (SSSR count). The van der Waals surface area contributed by atoms with Gasteiger partial charge in [-0.05, 0) is 13.3 Å². The van der Waals surface area contributed by atoms with Crippen LogP contribution in [0.15, 0.2) is 0 Å². The molecule has 0 aromatic carbocycles. The Morgan fingerprint density at radius 1 is 0.852 bits per heavy atom. The molecule has 0 heterocycles. The third-order valence-electron chi connectivity index (χ3n) is 2.20. The van der Waals surface area contributed by atoms with E-state index in [9.17, 15) is 9.90 Å². The summed E-state index contributed by atoms with van der Waals surface area (Å²) in [6, 6.07) is 0. The van der Waals surface area contributed by atoms with Gasteiger partial charge in [0, 0.05) is 13.1 Å². The Labute approximate surface area is 164 Å². The number of carbonyl (C=O) groups excluding carboxylic acids is 2. The number of hydrogen-bond acceptors (Lipinski definition) is 8. The highest BCUT2D eigenvalue weighted by molar-refractivity contribution is 5.69. The molecule has 0 aliphatic heterocycles. The first kappa shape index (κ1) is 36.6. The van der Waals surface area contributed by atoms with Crippen LogP contribution in [0.5, 0.6) is 0 Å². The van der Waals surface area contributed by atoms with Crippen LogP contribution >= 0.6 is 0 Å². The quantitative estimate of drug-likeness (QED) is 0.329. The van der Waals surface area contributed by atoms with Gasteiger partial charge in [0.2, 0.25) is 0 Å². The Kier molecular flexibility index (Phi) is 30.8. The molecule has 0 aliphatic rings. The van der Waals surface area contributed by atoms with Crippen molar-refractivity contribution in [2.45, 2.75) is 26.4 Å². The number of carbonyl (C=O) groups is 2. The Morgan fingerprint density at radius 3 is 1.07 bits per heavy atom. The second kappa shape index (κ2) is 22.7. The summed E-state index contributed by atoms with van der Waals surface area (Å²) in [5, 5.41) is 50.5. The van der Waals surface area contributed by atoms with Crippen LogP contribution in [0, 0.1) is 0 Å². The number of rotatable bonds is 6. The van der Waals surface area contributed by atoms with E-state index in [1.165, 1.54) is 0 Å². The maximum Gasteiger partial charge on any atom is 0.101 e. The van der Waals surface area contributed by atoms with E-state index in [1.54, 1.807) is 6.92 Å². The molecule has 4 N–H and O–H groups in total.